The third kappa shape index (κ3) is 3.53. The molecule has 0 bridgehead atoms. The number of nitrogens with zero attached hydrogens (tertiary/aromatic N) is 3. The largest absolute Gasteiger partial charge is 0.481 e. The molecule has 2 aromatic rings. The van der Waals surface area contributed by atoms with E-state index in [9.17, 15) is 14.0 Å². The van der Waals surface area contributed by atoms with Crippen molar-refractivity contribution in [2.75, 3.05) is 6.54 Å². The van der Waals surface area contributed by atoms with Gasteiger partial charge in [-0.3, -0.25) is 9.59 Å². The van der Waals surface area contributed by atoms with Crippen LogP contribution in [-0.4, -0.2) is 44.3 Å². The number of rotatable bonds is 5. The first-order chi connectivity index (χ1) is 13.5. The van der Waals surface area contributed by atoms with E-state index in [1.807, 2.05) is 4.90 Å². The van der Waals surface area contributed by atoms with Gasteiger partial charge in [-0.1, -0.05) is 0 Å². The summed E-state index contributed by atoms with van der Waals surface area (Å²) in [7, 11) is 0. The molecule has 1 N–H and O–H groups in total. The van der Waals surface area contributed by atoms with E-state index >= 15 is 0 Å². The van der Waals surface area contributed by atoms with E-state index in [0.717, 1.165) is 55.5 Å². The molecule has 1 atom stereocenters. The number of carbonyl (C=O) groups is 2. The lowest BCUT2D eigenvalue weighted by atomic mass is 9.97. The molecular weight excluding hydrogens is 361 g/mol. The third-order valence-electron chi connectivity index (χ3n) is 5.78. The molecule has 1 aromatic carbocycles. The number of hydrogen-bond acceptors (Lipinski definition) is 3. The maximum atomic E-state index is 13.4. The number of piperidine rings is 1. The van der Waals surface area contributed by atoms with Crippen LogP contribution in [0.5, 0.6) is 0 Å². The van der Waals surface area contributed by atoms with Gasteiger partial charge in [-0.2, -0.15) is 5.10 Å². The number of aliphatic carboxylic acids is 1. The van der Waals surface area contributed by atoms with Gasteiger partial charge in [-0.15, -0.1) is 0 Å². The van der Waals surface area contributed by atoms with Crippen LogP contribution in [-0.2, 0) is 17.6 Å². The summed E-state index contributed by atoms with van der Waals surface area (Å²) in [4.78, 5) is 26.2. The number of likely N-dealkylation sites (tertiary alicyclic amines) is 1. The molecule has 1 aliphatic heterocycles. The van der Waals surface area contributed by atoms with E-state index in [-0.39, 0.29) is 24.2 Å². The first-order valence-electron chi connectivity index (χ1n) is 9.94. The predicted molar refractivity (Wildman–Crippen MR) is 101 cm³/mol. The fraction of sp³-hybridized carbons (Fsp3) is 0.476. The Morgan fingerprint density at radius 2 is 1.93 bits per heavy atom. The SMILES string of the molecule is O=C(O)CCC1CCCCN1C(=O)c1nn(-c2ccc(F)cc2)c2c1CCC2. The number of fused-ring (bicyclic) bond motifs is 1. The Morgan fingerprint density at radius 3 is 2.68 bits per heavy atom. The van der Waals surface area contributed by atoms with Gasteiger partial charge in [0.2, 0.25) is 0 Å². The number of aromatic nitrogens is 2. The van der Waals surface area contributed by atoms with Gasteiger partial charge in [-0.25, -0.2) is 9.07 Å². The van der Waals surface area contributed by atoms with E-state index in [0.29, 0.717) is 18.7 Å². The molecule has 2 heterocycles. The Bertz CT molecular complexity index is 891. The van der Waals surface area contributed by atoms with Crippen LogP contribution >= 0.6 is 0 Å². The molecule has 1 saturated heterocycles. The topological polar surface area (TPSA) is 75.4 Å². The highest BCUT2D eigenvalue weighted by Gasteiger charge is 2.33. The summed E-state index contributed by atoms with van der Waals surface area (Å²) in [6, 6.07) is 6.08. The van der Waals surface area contributed by atoms with Gasteiger partial charge in [0.1, 0.15) is 5.82 Å². The van der Waals surface area contributed by atoms with Crippen molar-refractivity contribution in [1.29, 1.82) is 0 Å². The maximum Gasteiger partial charge on any atom is 0.303 e. The highest BCUT2D eigenvalue weighted by atomic mass is 19.1. The number of benzene rings is 1. The van der Waals surface area contributed by atoms with Gasteiger partial charge in [0.25, 0.3) is 5.91 Å². The molecule has 2 aliphatic rings. The molecule has 0 spiro atoms. The van der Waals surface area contributed by atoms with Crippen LogP contribution in [0.3, 0.4) is 0 Å². The van der Waals surface area contributed by atoms with Crippen molar-refractivity contribution < 1.29 is 19.1 Å². The quantitative estimate of drug-likeness (QED) is 0.856. The summed E-state index contributed by atoms with van der Waals surface area (Å²) < 4.78 is 15.1. The first-order valence-corrected chi connectivity index (χ1v) is 9.94. The minimum absolute atomic E-state index is 0.0506. The van der Waals surface area contributed by atoms with Crippen molar-refractivity contribution in [3.63, 3.8) is 0 Å². The van der Waals surface area contributed by atoms with Crippen molar-refractivity contribution in [3.8, 4) is 5.69 Å². The number of hydrogen-bond donors (Lipinski definition) is 1. The second kappa shape index (κ2) is 7.73. The predicted octanol–water partition coefficient (Wildman–Crippen LogP) is 3.36. The van der Waals surface area contributed by atoms with E-state index in [1.165, 1.54) is 12.1 Å². The molecule has 1 amide bonds. The molecule has 0 saturated carbocycles. The van der Waals surface area contributed by atoms with Crippen LogP contribution in [0.2, 0.25) is 0 Å². The average Bonchev–Trinajstić information content (AvgIpc) is 3.29. The number of halogens is 1. The van der Waals surface area contributed by atoms with Crippen LogP contribution in [0.1, 0.15) is 60.3 Å². The molecule has 7 heteroatoms. The van der Waals surface area contributed by atoms with Crippen LogP contribution in [0.15, 0.2) is 24.3 Å². The van der Waals surface area contributed by atoms with Crippen LogP contribution in [0.4, 0.5) is 4.39 Å². The lowest BCUT2D eigenvalue weighted by Crippen LogP contribution is -2.44. The first kappa shape index (κ1) is 18.7. The smallest absolute Gasteiger partial charge is 0.303 e. The minimum atomic E-state index is -0.834. The maximum absolute atomic E-state index is 13.4. The fourth-order valence-corrected chi connectivity index (χ4v) is 4.40. The molecular formula is C21H24FN3O3. The van der Waals surface area contributed by atoms with Gasteiger partial charge in [0, 0.05) is 30.3 Å². The van der Waals surface area contributed by atoms with Gasteiger partial charge >= 0.3 is 5.97 Å². The molecule has 148 valence electrons. The number of carbonyl (C=O) groups excluding carboxylic acids is 1. The summed E-state index contributed by atoms with van der Waals surface area (Å²) >= 11 is 0. The van der Waals surface area contributed by atoms with Crippen molar-refractivity contribution in [2.24, 2.45) is 0 Å². The zero-order valence-electron chi connectivity index (χ0n) is 15.7. The van der Waals surface area contributed by atoms with Crippen molar-refractivity contribution in [3.05, 3.63) is 47.0 Å². The standard InChI is InChI=1S/C21H24FN3O3/c22-14-7-9-16(10-8-14)25-18-6-3-5-17(18)20(23-25)21(28)24-13-2-1-4-15(24)11-12-19(26)27/h7-10,15H,1-6,11-13H2,(H,26,27). The second-order valence-electron chi connectivity index (χ2n) is 7.60. The summed E-state index contributed by atoms with van der Waals surface area (Å²) in [5.41, 5.74) is 3.23. The molecule has 4 rings (SSSR count). The van der Waals surface area contributed by atoms with E-state index in [1.54, 1.807) is 16.8 Å². The van der Waals surface area contributed by atoms with E-state index in [4.69, 9.17) is 5.11 Å². The molecule has 0 radical (unpaired) electrons. The molecule has 1 unspecified atom stereocenters. The van der Waals surface area contributed by atoms with Crippen molar-refractivity contribution >= 4 is 11.9 Å². The highest BCUT2D eigenvalue weighted by molar-refractivity contribution is 5.94. The van der Waals surface area contributed by atoms with Crippen LogP contribution < -0.4 is 0 Å². The molecule has 1 aromatic heterocycles. The number of carboxylic acid groups (broad SMARTS) is 1. The number of carboxylic acids is 1. The Hall–Kier alpha value is -2.70. The summed E-state index contributed by atoms with van der Waals surface area (Å²) in [5.74, 6) is -1.24. The van der Waals surface area contributed by atoms with Crippen LogP contribution in [0, 0.1) is 5.82 Å². The van der Waals surface area contributed by atoms with Gasteiger partial charge in [-0.05, 0) is 69.2 Å². The fourth-order valence-electron chi connectivity index (χ4n) is 4.40. The lowest BCUT2D eigenvalue weighted by Gasteiger charge is -2.35. The zero-order chi connectivity index (χ0) is 19.7. The zero-order valence-corrected chi connectivity index (χ0v) is 15.7. The van der Waals surface area contributed by atoms with Crippen molar-refractivity contribution in [1.82, 2.24) is 14.7 Å². The Labute approximate surface area is 163 Å². The monoisotopic (exact) mass is 385 g/mol. The van der Waals surface area contributed by atoms with Gasteiger partial charge in [0.15, 0.2) is 5.69 Å². The second-order valence-corrected chi connectivity index (χ2v) is 7.60. The Balaban J connectivity index is 1.64. The number of amides is 1. The Morgan fingerprint density at radius 1 is 1.14 bits per heavy atom. The Kier molecular flexibility index (Phi) is 5.15. The van der Waals surface area contributed by atoms with Gasteiger partial charge in [0.05, 0.1) is 5.69 Å². The van der Waals surface area contributed by atoms with E-state index in [2.05, 4.69) is 5.10 Å². The molecule has 28 heavy (non-hydrogen) atoms. The van der Waals surface area contributed by atoms with E-state index < -0.39 is 5.97 Å². The molecule has 1 aliphatic carbocycles. The summed E-state index contributed by atoms with van der Waals surface area (Å²) in [6.45, 7) is 0.640. The highest BCUT2D eigenvalue weighted by Crippen LogP contribution is 2.30. The normalized spacial score (nSPS) is 18.9. The third-order valence-corrected chi connectivity index (χ3v) is 5.78. The summed E-state index contributed by atoms with van der Waals surface area (Å²) in [6.07, 6.45) is 5.93. The lowest BCUT2D eigenvalue weighted by molar-refractivity contribution is -0.137. The van der Waals surface area contributed by atoms with Crippen molar-refractivity contribution in [2.45, 2.75) is 57.4 Å². The average molecular weight is 385 g/mol. The minimum Gasteiger partial charge on any atom is -0.481 e. The van der Waals surface area contributed by atoms with Gasteiger partial charge < -0.3 is 10.0 Å². The molecule has 1 fully saturated rings. The van der Waals surface area contributed by atoms with Crippen LogP contribution in [0.25, 0.3) is 5.69 Å². The molecule has 6 nitrogen and oxygen atoms in total. The summed E-state index contributed by atoms with van der Waals surface area (Å²) in [5, 5.41) is 13.6.